The first kappa shape index (κ1) is 13.6. The summed E-state index contributed by atoms with van der Waals surface area (Å²) in [6, 6.07) is 18.5. The van der Waals surface area contributed by atoms with Gasteiger partial charge in [0.15, 0.2) is 6.29 Å². The molecule has 0 unspecified atom stereocenters. The highest BCUT2D eigenvalue weighted by molar-refractivity contribution is 5.97. The number of fused-ring (bicyclic) bond motifs is 1. The quantitative estimate of drug-likeness (QED) is 0.481. The van der Waals surface area contributed by atoms with Gasteiger partial charge in [0.2, 0.25) is 0 Å². The minimum Gasteiger partial charge on any atom is -0.347 e. The zero-order chi connectivity index (χ0) is 14.5. The van der Waals surface area contributed by atoms with Crippen LogP contribution in [0, 0.1) is 0 Å². The third-order valence-electron chi connectivity index (χ3n) is 3.93. The molecule has 0 amide bonds. The van der Waals surface area contributed by atoms with Crippen LogP contribution < -0.4 is 0 Å². The molecule has 0 bridgehead atoms. The maximum absolute atomic E-state index is 11.0. The smallest absolute Gasteiger partial charge is 0.150 e. The predicted octanol–water partition coefficient (Wildman–Crippen LogP) is 4.48. The molecule has 0 fully saturated rings. The topological polar surface area (TPSA) is 22.0 Å². The van der Waals surface area contributed by atoms with Gasteiger partial charge in [0.25, 0.3) is 0 Å². The van der Waals surface area contributed by atoms with E-state index in [0.29, 0.717) is 0 Å². The van der Waals surface area contributed by atoms with E-state index >= 15 is 0 Å². The maximum atomic E-state index is 11.0. The number of rotatable bonds is 6. The van der Waals surface area contributed by atoms with E-state index in [9.17, 15) is 4.79 Å². The minimum absolute atomic E-state index is 0.774. The van der Waals surface area contributed by atoms with E-state index in [0.717, 1.165) is 42.1 Å². The molecule has 0 aliphatic carbocycles. The second-order valence-corrected chi connectivity index (χ2v) is 5.35. The summed E-state index contributed by atoms with van der Waals surface area (Å²) in [6.07, 6.45) is 6.46. The number of hydrogen-bond acceptors (Lipinski definition) is 1. The summed E-state index contributed by atoms with van der Waals surface area (Å²) in [5.74, 6) is 0. The lowest BCUT2D eigenvalue weighted by Crippen LogP contribution is -1.97. The maximum Gasteiger partial charge on any atom is 0.150 e. The second-order valence-electron chi connectivity index (χ2n) is 5.35. The fraction of sp³-hybridized carbons (Fsp3) is 0.211. The number of aldehydes is 1. The lowest BCUT2D eigenvalue weighted by atomic mass is 10.1. The van der Waals surface area contributed by atoms with Crippen LogP contribution in [0.15, 0.2) is 60.8 Å². The van der Waals surface area contributed by atoms with Gasteiger partial charge >= 0.3 is 0 Å². The Kier molecular flexibility index (Phi) is 4.15. The molecule has 0 N–H and O–H groups in total. The molecule has 3 rings (SSSR count). The van der Waals surface area contributed by atoms with Gasteiger partial charge < -0.3 is 4.57 Å². The molecule has 2 heteroatoms. The van der Waals surface area contributed by atoms with Crippen molar-refractivity contribution in [3.63, 3.8) is 0 Å². The number of carbonyl (C=O) groups is 1. The molecule has 0 aliphatic rings. The molecule has 0 radical (unpaired) electrons. The van der Waals surface area contributed by atoms with Crippen LogP contribution in [-0.4, -0.2) is 10.9 Å². The molecule has 106 valence electrons. The standard InChI is InChI=1S/C19H19NO/c21-15-17-10-6-11-19-18(17)12-14-20(19)13-5-4-9-16-7-2-1-3-8-16/h1-3,6-8,10-12,14-15H,4-5,9,13H2. The van der Waals surface area contributed by atoms with Crippen molar-refractivity contribution in [3.8, 4) is 0 Å². The van der Waals surface area contributed by atoms with Gasteiger partial charge in [-0.15, -0.1) is 0 Å². The Morgan fingerprint density at radius 2 is 1.76 bits per heavy atom. The Bertz CT molecular complexity index is 728. The third-order valence-corrected chi connectivity index (χ3v) is 3.93. The van der Waals surface area contributed by atoms with Crippen molar-refractivity contribution in [2.75, 3.05) is 0 Å². The molecular formula is C19H19NO. The van der Waals surface area contributed by atoms with Gasteiger partial charge in [-0.05, 0) is 37.0 Å². The molecule has 0 saturated heterocycles. The predicted molar refractivity (Wildman–Crippen MR) is 86.7 cm³/mol. The van der Waals surface area contributed by atoms with Gasteiger partial charge in [0, 0.05) is 29.2 Å². The van der Waals surface area contributed by atoms with Crippen molar-refractivity contribution in [1.29, 1.82) is 0 Å². The fourth-order valence-electron chi connectivity index (χ4n) is 2.80. The molecule has 0 aliphatic heterocycles. The molecule has 0 atom stereocenters. The van der Waals surface area contributed by atoms with E-state index < -0.39 is 0 Å². The van der Waals surface area contributed by atoms with Crippen LogP contribution in [0.25, 0.3) is 10.9 Å². The summed E-state index contributed by atoms with van der Waals surface area (Å²) in [6.45, 7) is 0.999. The fourth-order valence-corrected chi connectivity index (χ4v) is 2.80. The highest BCUT2D eigenvalue weighted by Crippen LogP contribution is 2.19. The summed E-state index contributed by atoms with van der Waals surface area (Å²) >= 11 is 0. The molecular weight excluding hydrogens is 258 g/mol. The van der Waals surface area contributed by atoms with Crippen LogP contribution in [0.5, 0.6) is 0 Å². The largest absolute Gasteiger partial charge is 0.347 e. The van der Waals surface area contributed by atoms with E-state index in [1.165, 1.54) is 12.0 Å². The molecule has 2 nitrogen and oxygen atoms in total. The first-order valence-corrected chi connectivity index (χ1v) is 7.45. The summed E-state index contributed by atoms with van der Waals surface area (Å²) in [4.78, 5) is 11.0. The van der Waals surface area contributed by atoms with Gasteiger partial charge in [0.05, 0.1) is 0 Å². The van der Waals surface area contributed by atoms with Gasteiger partial charge in [-0.25, -0.2) is 0 Å². The minimum atomic E-state index is 0.774. The monoisotopic (exact) mass is 277 g/mol. The Hall–Kier alpha value is -2.35. The van der Waals surface area contributed by atoms with E-state index in [4.69, 9.17) is 0 Å². The zero-order valence-electron chi connectivity index (χ0n) is 12.0. The SMILES string of the molecule is O=Cc1cccc2c1ccn2CCCCc1ccccc1. The van der Waals surface area contributed by atoms with Crippen LogP contribution in [0.4, 0.5) is 0 Å². The number of benzene rings is 2. The molecule has 3 aromatic rings. The van der Waals surface area contributed by atoms with Crippen molar-refractivity contribution < 1.29 is 4.79 Å². The van der Waals surface area contributed by atoms with E-state index in [-0.39, 0.29) is 0 Å². The number of aromatic nitrogens is 1. The average Bonchev–Trinajstić information content (AvgIpc) is 2.96. The lowest BCUT2D eigenvalue weighted by molar-refractivity contribution is 0.112. The summed E-state index contributed by atoms with van der Waals surface area (Å²) in [5, 5.41) is 1.05. The van der Waals surface area contributed by atoms with Gasteiger partial charge in [-0.3, -0.25) is 4.79 Å². The molecule has 21 heavy (non-hydrogen) atoms. The molecule has 0 saturated carbocycles. The number of aryl methyl sites for hydroxylation is 2. The Morgan fingerprint density at radius 1 is 0.905 bits per heavy atom. The van der Waals surface area contributed by atoms with Crippen LogP contribution in [0.3, 0.4) is 0 Å². The Morgan fingerprint density at radius 3 is 2.57 bits per heavy atom. The normalized spacial score (nSPS) is 10.9. The Labute approximate surface area is 125 Å². The molecule has 2 aromatic carbocycles. The van der Waals surface area contributed by atoms with Gasteiger partial charge in [-0.1, -0.05) is 42.5 Å². The second kappa shape index (κ2) is 6.40. The van der Waals surface area contributed by atoms with E-state index in [1.54, 1.807) is 0 Å². The van der Waals surface area contributed by atoms with Crippen molar-refractivity contribution >= 4 is 17.2 Å². The molecule has 1 heterocycles. The third kappa shape index (κ3) is 3.05. The average molecular weight is 277 g/mol. The van der Waals surface area contributed by atoms with Crippen molar-refractivity contribution in [3.05, 3.63) is 71.9 Å². The summed E-state index contributed by atoms with van der Waals surface area (Å²) in [7, 11) is 0. The first-order valence-electron chi connectivity index (χ1n) is 7.45. The number of carbonyl (C=O) groups excluding carboxylic acids is 1. The van der Waals surface area contributed by atoms with Crippen molar-refractivity contribution in [2.45, 2.75) is 25.8 Å². The van der Waals surface area contributed by atoms with E-state index in [2.05, 4.69) is 47.2 Å². The number of unbranched alkanes of at least 4 members (excludes halogenated alkanes) is 1. The van der Waals surface area contributed by atoms with E-state index in [1.807, 2.05) is 18.2 Å². The Balaban J connectivity index is 1.62. The highest BCUT2D eigenvalue weighted by Gasteiger charge is 2.04. The number of nitrogens with zero attached hydrogens (tertiary/aromatic N) is 1. The van der Waals surface area contributed by atoms with Gasteiger partial charge in [-0.2, -0.15) is 0 Å². The van der Waals surface area contributed by atoms with Crippen molar-refractivity contribution in [2.24, 2.45) is 0 Å². The first-order chi connectivity index (χ1) is 10.4. The van der Waals surface area contributed by atoms with Crippen LogP contribution in [-0.2, 0) is 13.0 Å². The van der Waals surface area contributed by atoms with Crippen molar-refractivity contribution in [1.82, 2.24) is 4.57 Å². The van der Waals surface area contributed by atoms with Gasteiger partial charge in [0.1, 0.15) is 0 Å². The zero-order valence-corrected chi connectivity index (χ0v) is 12.0. The highest BCUT2D eigenvalue weighted by atomic mass is 16.1. The molecule has 1 aromatic heterocycles. The number of hydrogen-bond donors (Lipinski definition) is 0. The summed E-state index contributed by atoms with van der Waals surface area (Å²) < 4.78 is 2.24. The van der Waals surface area contributed by atoms with Crippen LogP contribution >= 0.6 is 0 Å². The lowest BCUT2D eigenvalue weighted by Gasteiger charge is -2.06. The van der Waals surface area contributed by atoms with Crippen LogP contribution in [0.2, 0.25) is 0 Å². The molecule has 0 spiro atoms. The van der Waals surface area contributed by atoms with Crippen LogP contribution in [0.1, 0.15) is 28.8 Å². The summed E-state index contributed by atoms with van der Waals surface area (Å²) in [5.41, 5.74) is 3.33.